The Bertz CT molecular complexity index is 716. The molecule has 3 rings (SSSR count). The number of aromatic amines is 1. The molecule has 0 atom stereocenters. The number of fused-ring (bicyclic) bond motifs is 1. The summed E-state index contributed by atoms with van der Waals surface area (Å²) in [6.07, 6.45) is 1.94. The topological polar surface area (TPSA) is 57.8 Å². The lowest BCUT2D eigenvalue weighted by atomic mass is 10.1. The van der Waals surface area contributed by atoms with Crippen molar-refractivity contribution < 1.29 is 4.79 Å². The van der Waals surface area contributed by atoms with Gasteiger partial charge in [-0.1, -0.05) is 42.5 Å². The van der Waals surface area contributed by atoms with Gasteiger partial charge in [-0.3, -0.25) is 4.79 Å². The van der Waals surface area contributed by atoms with Crippen LogP contribution >= 0.6 is 0 Å². The van der Waals surface area contributed by atoms with Crippen molar-refractivity contribution in [2.45, 2.75) is 19.3 Å². The van der Waals surface area contributed by atoms with E-state index < -0.39 is 0 Å². The van der Waals surface area contributed by atoms with E-state index in [9.17, 15) is 4.79 Å². The Morgan fingerprint density at radius 1 is 1.00 bits per heavy atom. The molecule has 0 saturated carbocycles. The zero-order valence-corrected chi connectivity index (χ0v) is 12.4. The van der Waals surface area contributed by atoms with Gasteiger partial charge in [0.25, 0.3) is 0 Å². The van der Waals surface area contributed by atoms with Crippen molar-refractivity contribution in [3.8, 4) is 0 Å². The summed E-state index contributed by atoms with van der Waals surface area (Å²) >= 11 is 0. The number of H-pyrrole nitrogens is 1. The second kappa shape index (κ2) is 6.89. The minimum Gasteiger partial charge on any atom is -0.356 e. The SMILES string of the molecule is O=C(CCc1nc2ccccc2[nH]1)NCCc1ccccc1. The number of carbonyl (C=O) groups excluding carboxylic acids is 1. The van der Waals surface area contributed by atoms with Crippen molar-refractivity contribution in [1.29, 1.82) is 0 Å². The molecule has 0 fully saturated rings. The van der Waals surface area contributed by atoms with Crippen LogP contribution in [-0.2, 0) is 17.6 Å². The van der Waals surface area contributed by atoms with Gasteiger partial charge in [-0.25, -0.2) is 4.98 Å². The highest BCUT2D eigenvalue weighted by atomic mass is 16.1. The van der Waals surface area contributed by atoms with Crippen molar-refractivity contribution in [1.82, 2.24) is 15.3 Å². The average molecular weight is 293 g/mol. The summed E-state index contributed by atoms with van der Waals surface area (Å²) < 4.78 is 0. The van der Waals surface area contributed by atoms with Crippen LogP contribution in [0, 0.1) is 0 Å². The summed E-state index contributed by atoms with van der Waals surface area (Å²) in [5.74, 6) is 0.927. The van der Waals surface area contributed by atoms with Gasteiger partial charge in [0.2, 0.25) is 5.91 Å². The second-order valence-corrected chi connectivity index (χ2v) is 5.29. The molecule has 0 aliphatic carbocycles. The number of carbonyl (C=O) groups is 1. The zero-order valence-electron chi connectivity index (χ0n) is 12.4. The first-order valence-corrected chi connectivity index (χ1v) is 7.55. The molecule has 4 nitrogen and oxygen atoms in total. The Morgan fingerprint density at radius 3 is 2.59 bits per heavy atom. The molecule has 1 amide bonds. The fraction of sp³-hybridized carbons (Fsp3) is 0.222. The van der Waals surface area contributed by atoms with Crippen molar-refractivity contribution in [3.05, 3.63) is 66.0 Å². The van der Waals surface area contributed by atoms with E-state index in [-0.39, 0.29) is 5.91 Å². The molecule has 0 bridgehead atoms. The van der Waals surface area contributed by atoms with Gasteiger partial charge in [0.05, 0.1) is 11.0 Å². The molecule has 2 aromatic carbocycles. The second-order valence-electron chi connectivity index (χ2n) is 5.29. The number of benzene rings is 2. The van der Waals surface area contributed by atoms with E-state index in [2.05, 4.69) is 27.4 Å². The number of hydrogen-bond donors (Lipinski definition) is 2. The fourth-order valence-corrected chi connectivity index (χ4v) is 2.44. The van der Waals surface area contributed by atoms with E-state index in [4.69, 9.17) is 0 Å². The number of rotatable bonds is 6. The van der Waals surface area contributed by atoms with E-state index >= 15 is 0 Å². The van der Waals surface area contributed by atoms with E-state index in [0.717, 1.165) is 23.3 Å². The summed E-state index contributed by atoms with van der Waals surface area (Å²) in [6.45, 7) is 0.670. The van der Waals surface area contributed by atoms with E-state index in [1.807, 2.05) is 42.5 Å². The quantitative estimate of drug-likeness (QED) is 0.734. The van der Waals surface area contributed by atoms with E-state index in [0.29, 0.717) is 19.4 Å². The van der Waals surface area contributed by atoms with Crippen molar-refractivity contribution in [3.63, 3.8) is 0 Å². The predicted molar refractivity (Wildman–Crippen MR) is 87.6 cm³/mol. The number of aromatic nitrogens is 2. The Labute approximate surface area is 129 Å². The molecule has 1 aromatic heterocycles. The maximum atomic E-state index is 11.9. The lowest BCUT2D eigenvalue weighted by Crippen LogP contribution is -2.25. The minimum absolute atomic E-state index is 0.0661. The largest absolute Gasteiger partial charge is 0.356 e. The summed E-state index contributed by atoms with van der Waals surface area (Å²) in [5.41, 5.74) is 3.20. The van der Waals surface area contributed by atoms with Crippen molar-refractivity contribution in [2.75, 3.05) is 6.54 Å². The summed E-state index contributed by atoms with van der Waals surface area (Å²) in [5, 5.41) is 2.95. The molecule has 1 heterocycles. The average Bonchev–Trinajstić information content (AvgIpc) is 2.97. The number of para-hydroxylation sites is 2. The number of amides is 1. The van der Waals surface area contributed by atoms with Crippen LogP contribution in [-0.4, -0.2) is 22.4 Å². The van der Waals surface area contributed by atoms with Crippen LogP contribution in [0.5, 0.6) is 0 Å². The van der Waals surface area contributed by atoms with Crippen molar-refractivity contribution >= 4 is 16.9 Å². The van der Waals surface area contributed by atoms with Crippen LogP contribution in [0.4, 0.5) is 0 Å². The Morgan fingerprint density at radius 2 is 1.77 bits per heavy atom. The number of nitrogens with zero attached hydrogens (tertiary/aromatic N) is 1. The highest BCUT2D eigenvalue weighted by Gasteiger charge is 2.05. The molecule has 0 radical (unpaired) electrons. The maximum absolute atomic E-state index is 11.9. The van der Waals surface area contributed by atoms with Gasteiger partial charge in [0.15, 0.2) is 0 Å². The van der Waals surface area contributed by atoms with Gasteiger partial charge in [-0.05, 0) is 24.1 Å². The molecule has 112 valence electrons. The standard InChI is InChI=1S/C18H19N3O/c22-18(19-13-12-14-6-2-1-3-7-14)11-10-17-20-15-8-4-5-9-16(15)21-17/h1-9H,10-13H2,(H,19,22)(H,20,21). The molecule has 3 aromatic rings. The van der Waals surface area contributed by atoms with Crippen LogP contribution in [0.3, 0.4) is 0 Å². The normalized spacial score (nSPS) is 10.7. The monoisotopic (exact) mass is 293 g/mol. The van der Waals surface area contributed by atoms with Gasteiger partial charge in [0.1, 0.15) is 5.82 Å². The van der Waals surface area contributed by atoms with Gasteiger partial charge in [-0.2, -0.15) is 0 Å². The molecule has 0 aliphatic rings. The van der Waals surface area contributed by atoms with Gasteiger partial charge in [0, 0.05) is 19.4 Å². The van der Waals surface area contributed by atoms with Crippen LogP contribution in [0.1, 0.15) is 17.8 Å². The van der Waals surface area contributed by atoms with Gasteiger partial charge < -0.3 is 10.3 Å². The number of nitrogens with one attached hydrogen (secondary N) is 2. The highest BCUT2D eigenvalue weighted by Crippen LogP contribution is 2.11. The van der Waals surface area contributed by atoms with E-state index in [1.165, 1.54) is 5.56 Å². The molecule has 2 N–H and O–H groups in total. The summed E-state index contributed by atoms with van der Waals surface area (Å²) in [7, 11) is 0. The molecule has 0 unspecified atom stereocenters. The third-order valence-electron chi connectivity index (χ3n) is 3.61. The lowest BCUT2D eigenvalue weighted by molar-refractivity contribution is -0.121. The Balaban J connectivity index is 1.44. The lowest BCUT2D eigenvalue weighted by Gasteiger charge is -2.04. The first-order chi connectivity index (χ1) is 10.8. The number of hydrogen-bond acceptors (Lipinski definition) is 2. The third kappa shape index (κ3) is 3.73. The fourth-order valence-electron chi connectivity index (χ4n) is 2.44. The first kappa shape index (κ1) is 14.3. The minimum atomic E-state index is 0.0661. The van der Waals surface area contributed by atoms with Crippen LogP contribution in [0.2, 0.25) is 0 Å². The molecule has 0 spiro atoms. The molecule has 4 heteroatoms. The number of imidazole rings is 1. The smallest absolute Gasteiger partial charge is 0.220 e. The Kier molecular flexibility index (Phi) is 4.49. The molecule has 0 saturated heterocycles. The summed E-state index contributed by atoms with van der Waals surface area (Å²) in [4.78, 5) is 19.6. The summed E-state index contributed by atoms with van der Waals surface area (Å²) in [6, 6.07) is 18.1. The zero-order chi connectivity index (χ0) is 15.2. The first-order valence-electron chi connectivity index (χ1n) is 7.55. The van der Waals surface area contributed by atoms with Gasteiger partial charge in [-0.15, -0.1) is 0 Å². The van der Waals surface area contributed by atoms with Crippen molar-refractivity contribution in [2.24, 2.45) is 0 Å². The van der Waals surface area contributed by atoms with Crippen LogP contribution < -0.4 is 5.32 Å². The number of aryl methyl sites for hydroxylation is 1. The van der Waals surface area contributed by atoms with Crippen LogP contribution in [0.25, 0.3) is 11.0 Å². The predicted octanol–water partition coefficient (Wildman–Crippen LogP) is 2.85. The molecule has 0 aliphatic heterocycles. The molecular formula is C18H19N3O. The Hall–Kier alpha value is -2.62. The maximum Gasteiger partial charge on any atom is 0.220 e. The third-order valence-corrected chi connectivity index (χ3v) is 3.61. The van der Waals surface area contributed by atoms with Crippen LogP contribution in [0.15, 0.2) is 54.6 Å². The highest BCUT2D eigenvalue weighted by molar-refractivity contribution is 5.77. The van der Waals surface area contributed by atoms with Gasteiger partial charge >= 0.3 is 0 Å². The van der Waals surface area contributed by atoms with E-state index in [1.54, 1.807) is 0 Å². The molecular weight excluding hydrogens is 274 g/mol. The molecule has 22 heavy (non-hydrogen) atoms.